The van der Waals surface area contributed by atoms with Crippen LogP contribution in [0.15, 0.2) is 47.4 Å². The monoisotopic (exact) mass is 545 g/mol. The number of ketones is 2. The summed E-state index contributed by atoms with van der Waals surface area (Å²) in [6, 6.07) is 9.59. The zero-order chi connectivity index (χ0) is 27.5. The van der Waals surface area contributed by atoms with Crippen molar-refractivity contribution in [3.05, 3.63) is 64.1 Å². The van der Waals surface area contributed by atoms with Gasteiger partial charge in [0.25, 0.3) is 0 Å². The Balaban J connectivity index is 1.42. The van der Waals surface area contributed by atoms with E-state index in [0.29, 0.717) is 54.1 Å². The number of rotatable bonds is 1. The number of halogens is 3. The van der Waals surface area contributed by atoms with Gasteiger partial charge in [0.2, 0.25) is 11.6 Å². The van der Waals surface area contributed by atoms with Crippen LogP contribution in [0.4, 0.5) is 18.0 Å². The highest BCUT2D eigenvalue weighted by Crippen LogP contribution is 2.48. The Morgan fingerprint density at radius 2 is 1.58 bits per heavy atom. The van der Waals surface area contributed by atoms with Crippen molar-refractivity contribution in [3.8, 4) is 11.1 Å². The van der Waals surface area contributed by atoms with Crippen LogP contribution < -0.4 is 0 Å². The Bertz CT molecular complexity index is 1350. The smallest absolute Gasteiger partial charge is 0.416 e. The number of likely N-dealkylation sites (tertiary alicyclic amines) is 1. The van der Waals surface area contributed by atoms with E-state index in [2.05, 4.69) is 0 Å². The molecule has 5 rings (SSSR count). The van der Waals surface area contributed by atoms with Crippen LogP contribution in [-0.4, -0.2) is 52.6 Å². The van der Waals surface area contributed by atoms with Crippen LogP contribution in [0.2, 0.25) is 0 Å². The maximum Gasteiger partial charge on any atom is 0.416 e. The van der Waals surface area contributed by atoms with Crippen molar-refractivity contribution in [1.29, 1.82) is 0 Å². The molecular formula is C28H26F3NO5S. The zero-order valence-corrected chi connectivity index (χ0v) is 21.9. The highest BCUT2D eigenvalue weighted by atomic mass is 32.2. The first-order valence-electron chi connectivity index (χ1n) is 12.2. The number of hydrogen-bond acceptors (Lipinski definition) is 6. The standard InChI is InChI=1S/C28H26F3NO5S/c1-26(2,3)37-25(35)32-12-10-27(11-13-32)15-38-24-22(34)21(33)19-9-6-17(14-20(19)23(24)36-27)16-4-7-18(8-5-16)28(29,30)31/h4-9,14H,10-13,15H2,1-3H3. The molecule has 3 aliphatic rings. The van der Waals surface area contributed by atoms with Crippen LogP contribution >= 0.6 is 11.8 Å². The molecule has 200 valence electrons. The molecule has 1 fully saturated rings. The topological polar surface area (TPSA) is 72.9 Å². The fourth-order valence-electron chi connectivity index (χ4n) is 4.76. The molecule has 2 aromatic carbocycles. The molecule has 2 aromatic rings. The Hall–Kier alpha value is -3.27. The third-order valence-electron chi connectivity index (χ3n) is 6.80. The molecule has 0 atom stereocenters. The van der Waals surface area contributed by atoms with Gasteiger partial charge < -0.3 is 14.4 Å². The van der Waals surface area contributed by atoms with Gasteiger partial charge in [-0.2, -0.15) is 13.2 Å². The zero-order valence-electron chi connectivity index (χ0n) is 21.1. The van der Waals surface area contributed by atoms with Crippen molar-refractivity contribution in [1.82, 2.24) is 4.90 Å². The van der Waals surface area contributed by atoms with Gasteiger partial charge >= 0.3 is 12.3 Å². The van der Waals surface area contributed by atoms with E-state index in [1.165, 1.54) is 30.0 Å². The van der Waals surface area contributed by atoms with E-state index in [1.807, 2.05) is 20.8 Å². The van der Waals surface area contributed by atoms with E-state index in [1.54, 1.807) is 17.0 Å². The number of fused-ring (bicyclic) bond motifs is 2. The van der Waals surface area contributed by atoms with Crippen LogP contribution in [0.1, 0.15) is 55.1 Å². The number of piperidine rings is 1. The quantitative estimate of drug-likeness (QED) is 0.390. The second kappa shape index (κ2) is 9.18. The van der Waals surface area contributed by atoms with Gasteiger partial charge in [0.1, 0.15) is 21.9 Å². The van der Waals surface area contributed by atoms with Crippen LogP contribution in [0.3, 0.4) is 0 Å². The predicted molar refractivity (Wildman–Crippen MR) is 136 cm³/mol. The highest BCUT2D eigenvalue weighted by molar-refractivity contribution is 8.04. The van der Waals surface area contributed by atoms with Gasteiger partial charge in [-0.3, -0.25) is 9.59 Å². The summed E-state index contributed by atoms with van der Waals surface area (Å²) < 4.78 is 51.0. The summed E-state index contributed by atoms with van der Waals surface area (Å²) in [5.41, 5.74) is -0.208. The summed E-state index contributed by atoms with van der Waals surface area (Å²) in [6.07, 6.45) is -3.79. The molecule has 10 heteroatoms. The molecular weight excluding hydrogens is 519 g/mol. The average molecular weight is 546 g/mol. The van der Waals surface area contributed by atoms with E-state index in [9.17, 15) is 27.6 Å². The number of ether oxygens (including phenoxy) is 2. The van der Waals surface area contributed by atoms with Gasteiger partial charge in [-0.05, 0) is 56.2 Å². The molecule has 38 heavy (non-hydrogen) atoms. The summed E-state index contributed by atoms with van der Waals surface area (Å²) in [6.45, 7) is 6.27. The van der Waals surface area contributed by atoms with Crippen molar-refractivity contribution in [2.45, 2.75) is 51.0 Å². The van der Waals surface area contributed by atoms with Gasteiger partial charge in [0.05, 0.1) is 5.56 Å². The summed E-state index contributed by atoms with van der Waals surface area (Å²) in [5, 5.41) is 0. The van der Waals surface area contributed by atoms with Gasteiger partial charge in [-0.15, -0.1) is 11.8 Å². The normalized spacial score (nSPS) is 19.2. The van der Waals surface area contributed by atoms with Crippen LogP contribution in [0, 0.1) is 0 Å². The summed E-state index contributed by atoms with van der Waals surface area (Å²) in [4.78, 5) is 40.1. The summed E-state index contributed by atoms with van der Waals surface area (Å²) in [5.74, 6) is -0.480. The number of allylic oxidation sites excluding steroid dienone is 1. The number of alkyl halides is 3. The van der Waals surface area contributed by atoms with Crippen LogP contribution in [-0.2, 0) is 20.4 Å². The summed E-state index contributed by atoms with van der Waals surface area (Å²) in [7, 11) is 0. The third kappa shape index (κ3) is 4.93. The number of nitrogens with zero attached hydrogens (tertiary/aromatic N) is 1. The van der Waals surface area contributed by atoms with E-state index in [4.69, 9.17) is 9.47 Å². The van der Waals surface area contributed by atoms with Gasteiger partial charge in [-0.25, -0.2) is 4.79 Å². The molecule has 0 unspecified atom stereocenters. The fourth-order valence-corrected chi connectivity index (χ4v) is 6.03. The lowest BCUT2D eigenvalue weighted by atomic mass is 9.88. The number of carbonyl (C=O) groups excluding carboxylic acids is 3. The average Bonchev–Trinajstić information content (AvgIpc) is 2.86. The number of hydrogen-bond donors (Lipinski definition) is 0. The number of amides is 1. The first-order chi connectivity index (χ1) is 17.8. The fraction of sp³-hybridized carbons (Fsp3) is 0.393. The predicted octanol–water partition coefficient (Wildman–Crippen LogP) is 6.34. The number of Topliss-reactive ketones (excluding diaryl/α,β-unsaturated/α-hetero) is 2. The van der Waals surface area contributed by atoms with Crippen molar-refractivity contribution in [2.75, 3.05) is 18.8 Å². The Kier molecular flexibility index (Phi) is 6.37. The second-order valence-electron chi connectivity index (χ2n) is 10.7. The first-order valence-corrected chi connectivity index (χ1v) is 13.2. The molecule has 1 aliphatic carbocycles. The number of thioether (sulfide) groups is 1. The molecule has 0 aromatic heterocycles. The minimum Gasteiger partial charge on any atom is -0.484 e. The molecule has 6 nitrogen and oxygen atoms in total. The molecule has 0 radical (unpaired) electrons. The molecule has 0 bridgehead atoms. The Morgan fingerprint density at radius 1 is 0.947 bits per heavy atom. The lowest BCUT2D eigenvalue weighted by molar-refractivity contribution is -0.137. The van der Waals surface area contributed by atoms with Crippen molar-refractivity contribution in [2.24, 2.45) is 0 Å². The number of carbonyl (C=O) groups is 3. The van der Waals surface area contributed by atoms with Gasteiger partial charge in [0.15, 0.2) is 0 Å². The number of benzene rings is 2. The van der Waals surface area contributed by atoms with Crippen molar-refractivity contribution >= 4 is 35.2 Å². The van der Waals surface area contributed by atoms with Gasteiger partial charge in [0, 0.05) is 42.8 Å². The molecule has 1 amide bonds. The highest BCUT2D eigenvalue weighted by Gasteiger charge is 2.47. The molecule has 2 aliphatic heterocycles. The van der Waals surface area contributed by atoms with E-state index in [-0.39, 0.29) is 16.6 Å². The maximum absolute atomic E-state index is 13.0. The Morgan fingerprint density at radius 3 is 2.18 bits per heavy atom. The lowest BCUT2D eigenvalue weighted by Crippen LogP contribution is -2.51. The lowest BCUT2D eigenvalue weighted by Gasteiger charge is -2.45. The second-order valence-corrected chi connectivity index (χ2v) is 11.7. The SMILES string of the molecule is CC(C)(C)OC(=O)N1CCC2(CC1)CSC1=C(O2)c2cc(-c3ccc(C(F)(F)F)cc3)ccc2C(=O)C1=O. The Labute approximate surface area is 222 Å². The molecule has 0 N–H and O–H groups in total. The minimum atomic E-state index is -4.44. The largest absolute Gasteiger partial charge is 0.484 e. The van der Waals surface area contributed by atoms with Gasteiger partial charge in [-0.1, -0.05) is 18.2 Å². The van der Waals surface area contributed by atoms with Crippen molar-refractivity contribution in [3.63, 3.8) is 0 Å². The molecule has 1 saturated heterocycles. The van der Waals surface area contributed by atoms with Crippen molar-refractivity contribution < 1.29 is 37.0 Å². The van der Waals surface area contributed by atoms with Crippen LogP contribution in [0.5, 0.6) is 0 Å². The minimum absolute atomic E-state index is 0.202. The van der Waals surface area contributed by atoms with Crippen LogP contribution in [0.25, 0.3) is 16.9 Å². The summed E-state index contributed by atoms with van der Waals surface area (Å²) >= 11 is 1.28. The molecule has 0 saturated carbocycles. The van der Waals surface area contributed by atoms with E-state index < -0.39 is 34.5 Å². The maximum atomic E-state index is 13.0. The van der Waals surface area contributed by atoms with E-state index in [0.717, 1.165) is 12.1 Å². The molecule has 1 spiro atoms. The van der Waals surface area contributed by atoms with E-state index >= 15 is 0 Å². The molecule has 2 heterocycles. The third-order valence-corrected chi connectivity index (χ3v) is 8.13. The first kappa shape index (κ1) is 26.3.